The number of aryl methyl sites for hydroxylation is 1. The summed E-state index contributed by atoms with van der Waals surface area (Å²) in [5.74, 6) is 0.520. The Morgan fingerprint density at radius 1 is 0.968 bits per heavy atom. The van der Waals surface area contributed by atoms with Crippen molar-refractivity contribution in [3.63, 3.8) is 0 Å². The Labute approximate surface area is 182 Å². The summed E-state index contributed by atoms with van der Waals surface area (Å²) in [5.41, 5.74) is 4.24. The van der Waals surface area contributed by atoms with Crippen molar-refractivity contribution in [2.75, 3.05) is 4.90 Å². The van der Waals surface area contributed by atoms with Crippen LogP contribution in [0.2, 0.25) is 0 Å². The number of aliphatic hydroxyl groups is 1. The number of carbonyl (C=O) groups excluding carboxylic acids is 1. The van der Waals surface area contributed by atoms with Crippen LogP contribution in [-0.4, -0.2) is 17.4 Å². The Morgan fingerprint density at radius 2 is 1.55 bits per heavy atom. The second kappa shape index (κ2) is 9.78. The van der Waals surface area contributed by atoms with Gasteiger partial charge in [-0.25, -0.2) is 4.79 Å². The van der Waals surface area contributed by atoms with Crippen molar-refractivity contribution < 1.29 is 19.4 Å². The highest BCUT2D eigenvalue weighted by atomic mass is 16.6. The van der Waals surface area contributed by atoms with E-state index in [0.29, 0.717) is 17.1 Å². The summed E-state index contributed by atoms with van der Waals surface area (Å²) in [6.07, 6.45) is 0.253. The molecule has 3 rings (SSSR count). The van der Waals surface area contributed by atoms with Crippen LogP contribution >= 0.6 is 0 Å². The lowest BCUT2D eigenvalue weighted by atomic mass is 10.1. The van der Waals surface area contributed by atoms with E-state index in [1.165, 1.54) is 6.08 Å². The molecule has 1 unspecified atom stereocenters. The molecular formula is C26H25NO4. The minimum Gasteiger partial charge on any atom is -0.461 e. The lowest BCUT2D eigenvalue weighted by Gasteiger charge is -2.26. The molecule has 1 N–H and O–H groups in total. The zero-order valence-electron chi connectivity index (χ0n) is 17.6. The third kappa shape index (κ3) is 5.62. The molecule has 0 saturated carbocycles. The molecule has 1 atom stereocenters. The van der Waals surface area contributed by atoms with Crippen LogP contribution in [0.15, 0.2) is 97.6 Å². The number of rotatable bonds is 8. The van der Waals surface area contributed by atoms with Crippen LogP contribution in [0, 0.1) is 6.92 Å². The number of nitrogens with zero attached hydrogens (tertiary/aromatic N) is 1. The van der Waals surface area contributed by atoms with Gasteiger partial charge in [0.2, 0.25) is 6.29 Å². The van der Waals surface area contributed by atoms with Gasteiger partial charge in [0.15, 0.2) is 0 Å². The molecule has 5 nitrogen and oxygen atoms in total. The van der Waals surface area contributed by atoms with E-state index in [-0.39, 0.29) is 0 Å². The average molecular weight is 415 g/mol. The fourth-order valence-corrected chi connectivity index (χ4v) is 2.93. The predicted octanol–water partition coefficient (Wildman–Crippen LogP) is 5.83. The Hall–Kier alpha value is -3.83. The van der Waals surface area contributed by atoms with Crippen molar-refractivity contribution >= 4 is 23.0 Å². The van der Waals surface area contributed by atoms with E-state index < -0.39 is 12.3 Å². The fourth-order valence-electron chi connectivity index (χ4n) is 2.93. The van der Waals surface area contributed by atoms with Gasteiger partial charge in [0.05, 0.1) is 0 Å². The van der Waals surface area contributed by atoms with Crippen molar-refractivity contribution in [2.24, 2.45) is 0 Å². The highest BCUT2D eigenvalue weighted by molar-refractivity contribution is 5.89. The number of hydrogen-bond donors (Lipinski definition) is 1. The highest BCUT2D eigenvalue weighted by Gasteiger charge is 2.14. The molecule has 0 bridgehead atoms. The quantitative estimate of drug-likeness (QED) is 0.165. The topological polar surface area (TPSA) is 59.0 Å². The molecule has 0 spiro atoms. The summed E-state index contributed by atoms with van der Waals surface area (Å²) in [4.78, 5) is 13.8. The third-order valence-electron chi connectivity index (χ3n) is 4.47. The number of ether oxygens (including phenoxy) is 2. The van der Waals surface area contributed by atoms with E-state index in [0.717, 1.165) is 22.6 Å². The zero-order chi connectivity index (χ0) is 22.4. The maximum atomic E-state index is 11.8. The number of benzene rings is 3. The maximum absolute atomic E-state index is 11.8. The van der Waals surface area contributed by atoms with Gasteiger partial charge in [-0.3, -0.25) is 0 Å². The van der Waals surface area contributed by atoms with Gasteiger partial charge in [-0.05, 0) is 86.2 Å². The van der Waals surface area contributed by atoms with E-state index in [9.17, 15) is 9.90 Å². The van der Waals surface area contributed by atoms with Gasteiger partial charge >= 0.3 is 5.97 Å². The molecular weight excluding hydrogens is 390 g/mol. The van der Waals surface area contributed by atoms with Crippen LogP contribution < -0.4 is 14.4 Å². The Balaban J connectivity index is 1.95. The predicted molar refractivity (Wildman–Crippen MR) is 123 cm³/mol. The molecule has 3 aromatic carbocycles. The van der Waals surface area contributed by atoms with Crippen LogP contribution in [0.4, 0.5) is 17.1 Å². The fraction of sp³-hybridized carbons (Fsp3) is 0.115. The molecule has 0 aliphatic heterocycles. The summed E-state index contributed by atoms with van der Waals surface area (Å²) in [6.45, 7) is 10.8. The smallest absolute Gasteiger partial charge is 0.338 e. The van der Waals surface area contributed by atoms with E-state index in [2.05, 4.69) is 24.1 Å². The molecule has 3 aromatic rings. The summed E-state index contributed by atoms with van der Waals surface area (Å²) in [5, 5.41) is 9.61. The maximum Gasteiger partial charge on any atom is 0.338 e. The van der Waals surface area contributed by atoms with Gasteiger partial charge in [-0.15, -0.1) is 0 Å². The van der Waals surface area contributed by atoms with Gasteiger partial charge in [0.1, 0.15) is 11.5 Å². The van der Waals surface area contributed by atoms with Gasteiger partial charge in [-0.2, -0.15) is 0 Å². The van der Waals surface area contributed by atoms with Crippen molar-refractivity contribution in [2.45, 2.75) is 20.1 Å². The van der Waals surface area contributed by atoms with Crippen molar-refractivity contribution in [1.29, 1.82) is 0 Å². The molecule has 5 heteroatoms. The highest BCUT2D eigenvalue weighted by Crippen LogP contribution is 2.36. The lowest BCUT2D eigenvalue weighted by Crippen LogP contribution is -2.12. The third-order valence-corrected chi connectivity index (χ3v) is 4.47. The molecule has 158 valence electrons. The van der Waals surface area contributed by atoms with Crippen LogP contribution in [0.1, 0.15) is 12.5 Å². The second-order valence-corrected chi connectivity index (χ2v) is 7.08. The van der Waals surface area contributed by atoms with Gasteiger partial charge in [0.25, 0.3) is 0 Å². The van der Waals surface area contributed by atoms with E-state index >= 15 is 0 Å². The van der Waals surface area contributed by atoms with E-state index in [1.807, 2.05) is 49.4 Å². The summed E-state index contributed by atoms with van der Waals surface area (Å²) < 4.78 is 10.7. The first-order valence-corrected chi connectivity index (χ1v) is 9.79. The average Bonchev–Trinajstić information content (AvgIpc) is 2.76. The number of aliphatic hydroxyl groups excluding tert-OH is 1. The standard InChI is InChI=1S/C26H25NO4/c1-5-25(28)30-23-13-9-20(10-14-23)27(22-8-6-7-19(4)17-22)21-11-15-24(16-12-21)31-26(29)18(2)3/h5-17,25,28H,1-2H2,3-4H3. The van der Waals surface area contributed by atoms with Crippen molar-refractivity contribution in [3.05, 3.63) is 103 Å². The van der Waals surface area contributed by atoms with Crippen LogP contribution in [0.5, 0.6) is 11.5 Å². The van der Waals surface area contributed by atoms with Crippen molar-refractivity contribution in [1.82, 2.24) is 0 Å². The monoisotopic (exact) mass is 415 g/mol. The molecule has 0 aliphatic rings. The summed E-state index contributed by atoms with van der Waals surface area (Å²) in [6, 6.07) is 22.8. The summed E-state index contributed by atoms with van der Waals surface area (Å²) in [7, 11) is 0. The first-order valence-electron chi connectivity index (χ1n) is 9.79. The molecule has 0 amide bonds. The number of esters is 1. The minimum absolute atomic E-state index is 0.342. The Bertz CT molecular complexity index is 1070. The molecule has 0 fully saturated rings. The molecule has 0 aliphatic carbocycles. The first kappa shape index (κ1) is 21.9. The number of anilines is 3. The molecule has 0 aromatic heterocycles. The molecule has 0 radical (unpaired) electrons. The lowest BCUT2D eigenvalue weighted by molar-refractivity contribution is -0.130. The first-order chi connectivity index (χ1) is 14.9. The van der Waals surface area contributed by atoms with E-state index in [1.54, 1.807) is 31.2 Å². The number of carbonyl (C=O) groups is 1. The number of hydrogen-bond acceptors (Lipinski definition) is 5. The Morgan fingerprint density at radius 3 is 2.06 bits per heavy atom. The molecule has 31 heavy (non-hydrogen) atoms. The van der Waals surface area contributed by atoms with Crippen LogP contribution in [-0.2, 0) is 4.79 Å². The van der Waals surface area contributed by atoms with Gasteiger partial charge in [0, 0.05) is 22.6 Å². The van der Waals surface area contributed by atoms with Gasteiger partial charge < -0.3 is 19.5 Å². The van der Waals surface area contributed by atoms with E-state index in [4.69, 9.17) is 9.47 Å². The van der Waals surface area contributed by atoms with Crippen LogP contribution in [0.25, 0.3) is 0 Å². The zero-order valence-corrected chi connectivity index (χ0v) is 17.6. The largest absolute Gasteiger partial charge is 0.461 e. The second-order valence-electron chi connectivity index (χ2n) is 7.08. The van der Waals surface area contributed by atoms with Gasteiger partial charge in [-0.1, -0.05) is 25.3 Å². The molecule has 0 heterocycles. The molecule has 0 saturated heterocycles. The summed E-state index contributed by atoms with van der Waals surface area (Å²) >= 11 is 0. The SMILES string of the molecule is C=CC(O)Oc1ccc(N(c2ccc(OC(=O)C(=C)C)cc2)c2cccc(C)c2)cc1. The van der Waals surface area contributed by atoms with Crippen molar-refractivity contribution in [3.8, 4) is 11.5 Å². The minimum atomic E-state index is -1.06. The van der Waals surface area contributed by atoms with Crippen LogP contribution in [0.3, 0.4) is 0 Å². The Kier molecular flexibility index (Phi) is 6.90. The normalized spacial score (nSPS) is 11.3.